The summed E-state index contributed by atoms with van der Waals surface area (Å²) < 4.78 is 11.8. The van der Waals surface area contributed by atoms with Gasteiger partial charge in [-0.2, -0.15) is 0 Å². The zero-order valence-corrected chi connectivity index (χ0v) is 22.1. The van der Waals surface area contributed by atoms with Gasteiger partial charge in [0.05, 0.1) is 7.11 Å². The minimum absolute atomic E-state index is 0.0319. The first kappa shape index (κ1) is 25.5. The topological polar surface area (TPSA) is 67.9 Å². The number of alkyl halides is 1. The van der Waals surface area contributed by atoms with Crippen molar-refractivity contribution in [2.24, 2.45) is 0 Å². The van der Waals surface area contributed by atoms with Crippen LogP contribution in [-0.4, -0.2) is 45.9 Å². The van der Waals surface area contributed by atoms with Crippen molar-refractivity contribution in [2.75, 3.05) is 11.7 Å². The van der Waals surface area contributed by atoms with E-state index in [0.29, 0.717) is 28.0 Å². The van der Waals surface area contributed by atoms with Crippen LogP contribution >= 0.6 is 22.6 Å². The van der Waals surface area contributed by atoms with Gasteiger partial charge in [0, 0.05) is 46.4 Å². The Morgan fingerprint density at radius 1 is 1.12 bits per heavy atom. The molecular formula is C26H33IN2O4. The normalized spacial score (nSPS) is 17.3. The average Bonchev–Trinajstić information content (AvgIpc) is 2.75. The van der Waals surface area contributed by atoms with Gasteiger partial charge in [-0.3, -0.25) is 9.59 Å². The lowest BCUT2D eigenvalue weighted by molar-refractivity contribution is 0.0417. The number of aldehydes is 1. The summed E-state index contributed by atoms with van der Waals surface area (Å²) in [7, 11) is 1.63. The Labute approximate surface area is 210 Å². The monoisotopic (exact) mass is 564 g/mol. The highest BCUT2D eigenvalue weighted by Gasteiger charge is 2.41. The van der Waals surface area contributed by atoms with Crippen LogP contribution in [0.1, 0.15) is 66.8 Å². The highest BCUT2D eigenvalue weighted by molar-refractivity contribution is 14.1. The van der Waals surface area contributed by atoms with E-state index in [1.165, 1.54) is 0 Å². The third kappa shape index (κ3) is 6.47. The van der Waals surface area contributed by atoms with E-state index in [9.17, 15) is 9.59 Å². The highest BCUT2D eigenvalue weighted by atomic mass is 127. The fourth-order valence-electron chi connectivity index (χ4n) is 4.92. The summed E-state index contributed by atoms with van der Waals surface area (Å²) in [4.78, 5) is 26.8. The molecule has 2 aromatic carbocycles. The molecule has 33 heavy (non-hydrogen) atoms. The fourth-order valence-corrected chi connectivity index (χ4v) is 5.28. The molecule has 1 fully saturated rings. The van der Waals surface area contributed by atoms with Gasteiger partial charge in [0.15, 0.2) is 0 Å². The maximum atomic E-state index is 13.8. The highest BCUT2D eigenvalue weighted by Crippen LogP contribution is 2.35. The summed E-state index contributed by atoms with van der Waals surface area (Å²) in [6.45, 7) is 9.13. The second-order valence-electron chi connectivity index (χ2n) is 9.85. The van der Waals surface area contributed by atoms with Gasteiger partial charge in [0.25, 0.3) is 5.91 Å². The maximum Gasteiger partial charge on any atom is 0.254 e. The van der Waals surface area contributed by atoms with Gasteiger partial charge < -0.3 is 19.7 Å². The Hall–Kier alpha value is -2.13. The predicted molar refractivity (Wildman–Crippen MR) is 139 cm³/mol. The number of carbonyl (C=O) groups is 2. The number of piperidine rings is 1. The second-order valence-corrected chi connectivity index (χ2v) is 10.5. The molecule has 1 aliphatic rings. The summed E-state index contributed by atoms with van der Waals surface area (Å²) in [6, 6.07) is 12.6. The van der Waals surface area contributed by atoms with E-state index < -0.39 is 0 Å². The smallest absolute Gasteiger partial charge is 0.254 e. The van der Waals surface area contributed by atoms with E-state index >= 15 is 0 Å². The summed E-state index contributed by atoms with van der Waals surface area (Å²) in [5.41, 5.74) is 1.81. The molecule has 7 heteroatoms. The SMILES string of the molecule is COc1cc(OCI)ccc1CN(C(=O)c1ccc(C=O)cc1)C1CC(C)(C)NC(C)(C)C1. The molecule has 1 N–H and O–H groups in total. The Balaban J connectivity index is 1.99. The molecular weight excluding hydrogens is 531 g/mol. The largest absolute Gasteiger partial charge is 0.496 e. The van der Waals surface area contributed by atoms with Crippen molar-refractivity contribution in [2.45, 2.75) is 64.2 Å². The van der Waals surface area contributed by atoms with Crippen LogP contribution in [0.25, 0.3) is 0 Å². The van der Waals surface area contributed by atoms with E-state index in [2.05, 4.69) is 55.6 Å². The van der Waals surface area contributed by atoms with Crippen molar-refractivity contribution in [1.29, 1.82) is 0 Å². The van der Waals surface area contributed by atoms with E-state index in [0.717, 1.165) is 30.4 Å². The van der Waals surface area contributed by atoms with Gasteiger partial charge in [-0.05, 0) is 87.4 Å². The second kappa shape index (κ2) is 10.4. The molecule has 0 bridgehead atoms. The predicted octanol–water partition coefficient (Wildman–Crippen LogP) is 5.23. The lowest BCUT2D eigenvalue weighted by atomic mass is 9.78. The van der Waals surface area contributed by atoms with Crippen molar-refractivity contribution < 1.29 is 19.1 Å². The van der Waals surface area contributed by atoms with Crippen LogP contribution in [0.5, 0.6) is 11.5 Å². The van der Waals surface area contributed by atoms with Crippen LogP contribution in [0.15, 0.2) is 42.5 Å². The summed E-state index contributed by atoms with van der Waals surface area (Å²) in [6.07, 6.45) is 2.44. The molecule has 6 nitrogen and oxygen atoms in total. The van der Waals surface area contributed by atoms with Crippen LogP contribution in [-0.2, 0) is 6.54 Å². The number of amides is 1. The van der Waals surface area contributed by atoms with Crippen LogP contribution < -0.4 is 14.8 Å². The number of halogens is 1. The summed E-state index contributed by atoms with van der Waals surface area (Å²) >= 11 is 2.16. The summed E-state index contributed by atoms with van der Waals surface area (Å²) in [5.74, 6) is 1.37. The molecule has 0 spiro atoms. The molecule has 1 saturated heterocycles. The first-order chi connectivity index (χ1) is 15.6. The number of benzene rings is 2. The zero-order chi connectivity index (χ0) is 24.2. The minimum atomic E-state index is -0.117. The molecule has 0 saturated carbocycles. The van der Waals surface area contributed by atoms with Crippen molar-refractivity contribution >= 4 is 34.8 Å². The van der Waals surface area contributed by atoms with E-state index in [-0.39, 0.29) is 23.0 Å². The molecule has 178 valence electrons. The molecule has 0 aromatic heterocycles. The van der Waals surface area contributed by atoms with Crippen molar-refractivity contribution in [3.05, 3.63) is 59.2 Å². The number of methoxy groups -OCH3 is 1. The number of nitrogens with zero attached hydrogens (tertiary/aromatic N) is 1. The van der Waals surface area contributed by atoms with E-state index in [1.54, 1.807) is 31.4 Å². The van der Waals surface area contributed by atoms with E-state index in [4.69, 9.17) is 9.47 Å². The van der Waals surface area contributed by atoms with Gasteiger partial charge in [-0.25, -0.2) is 0 Å². The third-order valence-electron chi connectivity index (χ3n) is 5.98. The van der Waals surface area contributed by atoms with Crippen LogP contribution in [0.2, 0.25) is 0 Å². The molecule has 1 heterocycles. The first-order valence-corrected chi connectivity index (χ1v) is 12.6. The molecule has 0 radical (unpaired) electrons. The number of hydrogen-bond donors (Lipinski definition) is 1. The van der Waals surface area contributed by atoms with Gasteiger partial charge in [-0.15, -0.1) is 0 Å². The molecule has 1 aliphatic heterocycles. The van der Waals surface area contributed by atoms with Gasteiger partial charge in [0.2, 0.25) is 0 Å². The standard InChI is InChI=1S/C26H33IN2O4/c1-25(2)13-21(14-26(3,4)28-25)29(24(31)19-8-6-18(16-30)7-9-19)15-20-10-11-22(33-17-27)12-23(20)32-5/h6-12,16,21,28H,13-15,17H2,1-5H3. The zero-order valence-electron chi connectivity index (χ0n) is 20.0. The molecule has 1 amide bonds. The van der Waals surface area contributed by atoms with E-state index in [1.807, 2.05) is 23.1 Å². The molecule has 0 unspecified atom stereocenters. The average molecular weight is 564 g/mol. The van der Waals surface area contributed by atoms with Crippen LogP contribution in [0.3, 0.4) is 0 Å². The number of ether oxygens (including phenoxy) is 2. The summed E-state index contributed by atoms with van der Waals surface area (Å²) in [5, 5.41) is 3.70. The number of hydrogen-bond acceptors (Lipinski definition) is 5. The maximum absolute atomic E-state index is 13.8. The lowest BCUT2D eigenvalue weighted by Gasteiger charge is -2.49. The Bertz CT molecular complexity index is 972. The van der Waals surface area contributed by atoms with Crippen LogP contribution in [0, 0.1) is 0 Å². The Kier molecular flexibility index (Phi) is 8.05. The first-order valence-electron chi connectivity index (χ1n) is 11.1. The van der Waals surface area contributed by atoms with Crippen molar-refractivity contribution in [3.63, 3.8) is 0 Å². The Morgan fingerprint density at radius 3 is 2.30 bits per heavy atom. The van der Waals surface area contributed by atoms with Crippen LogP contribution in [0.4, 0.5) is 0 Å². The van der Waals surface area contributed by atoms with Crippen molar-refractivity contribution in [3.8, 4) is 11.5 Å². The van der Waals surface area contributed by atoms with Gasteiger partial charge >= 0.3 is 0 Å². The molecule has 0 atom stereocenters. The number of carbonyl (C=O) groups excluding carboxylic acids is 2. The number of nitrogens with one attached hydrogen (secondary N) is 1. The molecule has 3 rings (SSSR count). The third-order valence-corrected chi connectivity index (χ3v) is 6.30. The lowest BCUT2D eigenvalue weighted by Crippen LogP contribution is -2.62. The minimum Gasteiger partial charge on any atom is -0.496 e. The molecule has 0 aliphatic carbocycles. The Morgan fingerprint density at radius 2 is 1.76 bits per heavy atom. The number of rotatable bonds is 8. The van der Waals surface area contributed by atoms with Crippen molar-refractivity contribution in [1.82, 2.24) is 10.2 Å². The van der Waals surface area contributed by atoms with Gasteiger partial charge in [-0.1, -0.05) is 12.1 Å². The molecule has 2 aromatic rings. The fraction of sp³-hybridized carbons (Fsp3) is 0.462. The quantitative estimate of drug-likeness (QED) is 0.270. The van der Waals surface area contributed by atoms with Gasteiger partial charge in [0.1, 0.15) is 22.4 Å².